The van der Waals surface area contributed by atoms with Crippen LogP contribution in [0.25, 0.3) is 5.65 Å². The SMILES string of the molecule is Cc1nnc(N2CCN(C3(C4CCCCCCCCC4)CCNCC3NC(=O)c3c(N)nn4cc(F)cnc34)CC2)o1. The second-order valence-corrected chi connectivity index (χ2v) is 12.1. The van der Waals surface area contributed by atoms with Crippen molar-refractivity contribution in [2.75, 3.05) is 49.9 Å². The van der Waals surface area contributed by atoms with Crippen LogP contribution in [0, 0.1) is 18.7 Å². The van der Waals surface area contributed by atoms with Crippen LogP contribution in [0.1, 0.15) is 80.5 Å². The largest absolute Gasteiger partial charge is 0.408 e. The maximum Gasteiger partial charge on any atom is 0.318 e. The van der Waals surface area contributed by atoms with Gasteiger partial charge in [-0.3, -0.25) is 9.69 Å². The standard InChI is InChI=1S/C29H43FN10O2/c1-20-35-36-28(42-20)38-13-15-39(16-14-38)29(21-9-7-5-3-2-4-6-8-10-21)11-12-32-18-23(29)34-27(41)24-25(31)37-40-19-22(30)17-33-26(24)40/h17,19,21,23,32H,2-16,18H2,1H3,(H2,31,37)(H,34,41). The molecule has 12 nitrogen and oxygen atoms in total. The van der Waals surface area contributed by atoms with Gasteiger partial charge in [-0.1, -0.05) is 50.0 Å². The monoisotopic (exact) mass is 582 g/mol. The van der Waals surface area contributed by atoms with Crippen LogP contribution >= 0.6 is 0 Å². The highest BCUT2D eigenvalue weighted by Gasteiger charge is 2.51. The number of nitrogens with two attached hydrogens (primary N) is 1. The second kappa shape index (κ2) is 12.5. The van der Waals surface area contributed by atoms with Crippen LogP contribution in [0.5, 0.6) is 0 Å². The predicted molar refractivity (Wildman–Crippen MR) is 157 cm³/mol. The summed E-state index contributed by atoms with van der Waals surface area (Å²) in [4.78, 5) is 22.9. The molecule has 3 fully saturated rings. The van der Waals surface area contributed by atoms with E-state index in [9.17, 15) is 9.18 Å². The van der Waals surface area contributed by atoms with E-state index in [1.54, 1.807) is 0 Å². The van der Waals surface area contributed by atoms with Crippen LogP contribution in [0.2, 0.25) is 0 Å². The number of nitrogens with zero attached hydrogens (tertiary/aromatic N) is 7. The Kier molecular flexibility index (Phi) is 8.57. The summed E-state index contributed by atoms with van der Waals surface area (Å²) in [5.74, 6) is 0.185. The zero-order valence-corrected chi connectivity index (χ0v) is 24.5. The first-order valence-electron chi connectivity index (χ1n) is 15.6. The highest BCUT2D eigenvalue weighted by Crippen LogP contribution is 2.42. The number of nitrogen functional groups attached to an aromatic ring is 1. The fraction of sp³-hybridized carbons (Fsp3) is 0.690. The van der Waals surface area contributed by atoms with Crippen molar-refractivity contribution in [1.82, 2.24) is 40.3 Å². The summed E-state index contributed by atoms with van der Waals surface area (Å²) in [6.45, 7) is 6.60. The lowest BCUT2D eigenvalue weighted by Crippen LogP contribution is -2.73. The maximum absolute atomic E-state index is 13.9. The molecule has 42 heavy (non-hydrogen) atoms. The van der Waals surface area contributed by atoms with Crippen molar-refractivity contribution in [1.29, 1.82) is 0 Å². The Morgan fingerprint density at radius 1 is 1.10 bits per heavy atom. The Morgan fingerprint density at radius 3 is 2.50 bits per heavy atom. The highest BCUT2D eigenvalue weighted by atomic mass is 19.1. The third-order valence-corrected chi connectivity index (χ3v) is 9.62. The fourth-order valence-corrected chi connectivity index (χ4v) is 7.60. The molecule has 0 spiro atoms. The Balaban J connectivity index is 1.31. The molecule has 2 unspecified atom stereocenters. The lowest BCUT2D eigenvalue weighted by atomic mass is 9.67. The Labute approximate surface area is 245 Å². The van der Waals surface area contributed by atoms with Crippen LogP contribution in [0.15, 0.2) is 16.8 Å². The molecule has 5 heterocycles. The van der Waals surface area contributed by atoms with Crippen molar-refractivity contribution in [2.24, 2.45) is 5.92 Å². The Morgan fingerprint density at radius 2 is 1.81 bits per heavy atom. The van der Waals surface area contributed by atoms with E-state index in [2.05, 4.69) is 40.7 Å². The molecule has 1 amide bonds. The minimum atomic E-state index is -0.543. The molecule has 228 valence electrons. The van der Waals surface area contributed by atoms with Gasteiger partial charge in [-0.05, 0) is 31.7 Å². The third-order valence-electron chi connectivity index (χ3n) is 9.62. The molecular formula is C29H43FN10O2. The molecule has 0 bridgehead atoms. The normalized spacial score (nSPS) is 25.5. The quantitative estimate of drug-likeness (QED) is 0.411. The van der Waals surface area contributed by atoms with Crippen molar-refractivity contribution in [3.05, 3.63) is 29.7 Å². The van der Waals surface area contributed by atoms with Gasteiger partial charge >= 0.3 is 6.01 Å². The van der Waals surface area contributed by atoms with Gasteiger partial charge in [0.1, 0.15) is 5.56 Å². The molecule has 3 aliphatic rings. The highest BCUT2D eigenvalue weighted by molar-refractivity contribution is 6.04. The van der Waals surface area contributed by atoms with Crippen molar-refractivity contribution < 1.29 is 13.6 Å². The van der Waals surface area contributed by atoms with E-state index in [1.807, 2.05) is 6.92 Å². The molecule has 2 saturated heterocycles. The van der Waals surface area contributed by atoms with Gasteiger partial charge in [-0.25, -0.2) is 13.9 Å². The lowest BCUT2D eigenvalue weighted by Gasteiger charge is -2.57. The first kappa shape index (κ1) is 28.8. The molecule has 3 aromatic heterocycles. The number of carbonyl (C=O) groups excluding carboxylic acids is 1. The van der Waals surface area contributed by atoms with Crippen molar-refractivity contribution in [3.8, 4) is 0 Å². The van der Waals surface area contributed by atoms with Crippen molar-refractivity contribution >= 4 is 23.4 Å². The summed E-state index contributed by atoms with van der Waals surface area (Å²) in [6, 6.07) is 0.418. The van der Waals surface area contributed by atoms with Crippen LogP contribution in [0.4, 0.5) is 16.2 Å². The fourth-order valence-electron chi connectivity index (χ4n) is 7.60. The third kappa shape index (κ3) is 5.68. The van der Waals surface area contributed by atoms with Crippen LogP contribution in [-0.4, -0.2) is 86.5 Å². The number of aromatic nitrogens is 5. The zero-order valence-electron chi connectivity index (χ0n) is 24.5. The van der Waals surface area contributed by atoms with E-state index in [0.29, 0.717) is 24.4 Å². The molecular weight excluding hydrogens is 539 g/mol. The molecule has 3 aromatic rings. The number of piperidine rings is 1. The number of aryl methyl sites for hydroxylation is 1. The van der Waals surface area contributed by atoms with Gasteiger partial charge in [0.2, 0.25) is 5.89 Å². The van der Waals surface area contributed by atoms with Gasteiger partial charge in [-0.15, -0.1) is 10.2 Å². The minimum absolute atomic E-state index is 0.0436. The van der Waals surface area contributed by atoms with Gasteiger partial charge in [0.25, 0.3) is 5.91 Å². The number of rotatable bonds is 5. The minimum Gasteiger partial charge on any atom is -0.408 e. The van der Waals surface area contributed by atoms with Gasteiger partial charge in [0.15, 0.2) is 17.3 Å². The lowest BCUT2D eigenvalue weighted by molar-refractivity contribution is -0.0321. The second-order valence-electron chi connectivity index (χ2n) is 12.1. The molecule has 6 rings (SSSR count). The van der Waals surface area contributed by atoms with E-state index in [4.69, 9.17) is 10.2 Å². The Hall–Kier alpha value is -3.32. The first-order chi connectivity index (χ1) is 20.5. The average Bonchev–Trinajstić information content (AvgIpc) is 3.58. The van der Waals surface area contributed by atoms with Crippen molar-refractivity contribution in [3.63, 3.8) is 0 Å². The molecule has 2 atom stereocenters. The first-order valence-corrected chi connectivity index (χ1v) is 15.6. The van der Waals surface area contributed by atoms with Crippen LogP contribution < -0.4 is 21.3 Å². The van der Waals surface area contributed by atoms with E-state index < -0.39 is 5.82 Å². The molecule has 4 N–H and O–H groups in total. The predicted octanol–water partition coefficient (Wildman–Crippen LogP) is 2.94. The average molecular weight is 583 g/mol. The van der Waals surface area contributed by atoms with Crippen molar-refractivity contribution in [2.45, 2.75) is 82.7 Å². The topological polar surface area (TPSA) is 143 Å². The molecule has 13 heteroatoms. The van der Waals surface area contributed by atoms with Gasteiger partial charge < -0.3 is 25.7 Å². The number of fused-ring (bicyclic) bond motifs is 1. The molecule has 2 aliphatic heterocycles. The zero-order chi connectivity index (χ0) is 29.1. The number of hydrogen-bond donors (Lipinski definition) is 3. The van der Waals surface area contributed by atoms with Gasteiger partial charge in [0.05, 0.1) is 18.4 Å². The van der Waals surface area contributed by atoms with Crippen LogP contribution in [-0.2, 0) is 0 Å². The summed E-state index contributed by atoms with van der Waals surface area (Å²) >= 11 is 0. The summed E-state index contributed by atoms with van der Waals surface area (Å²) in [6.07, 6.45) is 14.4. The van der Waals surface area contributed by atoms with Gasteiger partial charge in [0, 0.05) is 45.2 Å². The number of nitrogens with one attached hydrogen (secondary N) is 2. The number of hydrogen-bond acceptors (Lipinski definition) is 10. The molecule has 0 aromatic carbocycles. The Bertz CT molecular complexity index is 1360. The maximum atomic E-state index is 13.9. The summed E-state index contributed by atoms with van der Waals surface area (Å²) in [5.41, 5.74) is 6.41. The van der Waals surface area contributed by atoms with E-state index in [1.165, 1.54) is 55.7 Å². The number of amides is 1. The van der Waals surface area contributed by atoms with E-state index in [0.717, 1.165) is 58.2 Å². The number of anilines is 2. The van der Waals surface area contributed by atoms with E-state index >= 15 is 0 Å². The molecule has 1 saturated carbocycles. The van der Waals surface area contributed by atoms with Gasteiger partial charge in [-0.2, -0.15) is 0 Å². The number of halogens is 1. The molecule has 1 aliphatic carbocycles. The number of piperazine rings is 1. The smallest absolute Gasteiger partial charge is 0.318 e. The summed E-state index contributed by atoms with van der Waals surface area (Å²) < 4.78 is 20.8. The summed E-state index contributed by atoms with van der Waals surface area (Å²) in [5, 5.41) is 19.4. The van der Waals surface area contributed by atoms with Crippen LogP contribution in [0.3, 0.4) is 0 Å². The molecule has 0 radical (unpaired) electrons. The summed E-state index contributed by atoms with van der Waals surface area (Å²) in [7, 11) is 0. The number of carbonyl (C=O) groups is 1. The van der Waals surface area contributed by atoms with E-state index in [-0.39, 0.29) is 34.5 Å².